The van der Waals surface area contributed by atoms with Gasteiger partial charge in [0.05, 0.1) is 6.61 Å². The van der Waals surface area contributed by atoms with E-state index in [2.05, 4.69) is 16.7 Å². The number of anilines is 2. The minimum Gasteiger partial charge on any atom is -0.494 e. The van der Waals surface area contributed by atoms with Crippen molar-refractivity contribution in [2.75, 3.05) is 23.8 Å². The smallest absolute Gasteiger partial charge is 0.306 e. The maximum atomic E-state index is 12.2. The summed E-state index contributed by atoms with van der Waals surface area (Å²) in [6.45, 7) is 6.08. The summed E-state index contributed by atoms with van der Waals surface area (Å²) in [6.07, 6.45) is 0.486. The second kappa shape index (κ2) is 13.7. The number of hydrogen-bond donors (Lipinski definition) is 2. The predicted molar refractivity (Wildman–Crippen MR) is 142 cm³/mol. The number of rotatable bonds is 12. The molecule has 0 bridgehead atoms. The second-order valence-corrected chi connectivity index (χ2v) is 8.52. The molecular weight excluding hydrogens is 472 g/mol. The molecule has 0 saturated heterocycles. The number of ether oxygens (including phenoxy) is 3. The first kappa shape index (κ1) is 27.3. The highest BCUT2D eigenvalue weighted by molar-refractivity contribution is 5.93. The standard InChI is InChI=1S/C29H32N2O6/c1-4-35-24-12-8-23(9-13-24)31-28(33)19-36-29(34)7-5-6-27(32)30-22-10-14-25(15-11-22)37-26-17-20(2)16-21(3)18-26/h8-18H,4-7,19H2,1-3H3,(H,30,32)(H,31,33). The zero-order chi connectivity index (χ0) is 26.6. The number of esters is 1. The van der Waals surface area contributed by atoms with E-state index in [0.29, 0.717) is 35.9 Å². The van der Waals surface area contributed by atoms with E-state index in [4.69, 9.17) is 14.2 Å². The van der Waals surface area contributed by atoms with Crippen LogP contribution in [0.15, 0.2) is 66.7 Å². The molecule has 3 rings (SSSR count). The molecule has 0 atom stereocenters. The first-order chi connectivity index (χ1) is 17.8. The third-order valence-electron chi connectivity index (χ3n) is 5.17. The van der Waals surface area contributed by atoms with Gasteiger partial charge in [-0.25, -0.2) is 0 Å². The molecule has 2 amide bonds. The Labute approximate surface area is 216 Å². The molecule has 0 spiro atoms. The van der Waals surface area contributed by atoms with Crippen molar-refractivity contribution in [3.63, 3.8) is 0 Å². The van der Waals surface area contributed by atoms with Gasteiger partial charge in [0, 0.05) is 24.2 Å². The van der Waals surface area contributed by atoms with Crippen molar-refractivity contribution in [3.05, 3.63) is 77.9 Å². The van der Waals surface area contributed by atoms with Crippen LogP contribution in [-0.4, -0.2) is 31.0 Å². The third kappa shape index (κ3) is 9.68. The molecule has 8 nitrogen and oxygen atoms in total. The van der Waals surface area contributed by atoms with E-state index >= 15 is 0 Å². The Hall–Kier alpha value is -4.33. The molecule has 8 heteroatoms. The molecule has 0 radical (unpaired) electrons. The highest BCUT2D eigenvalue weighted by Gasteiger charge is 2.10. The van der Waals surface area contributed by atoms with Crippen LogP contribution in [0.2, 0.25) is 0 Å². The van der Waals surface area contributed by atoms with Crippen LogP contribution in [0.5, 0.6) is 17.2 Å². The fourth-order valence-corrected chi connectivity index (χ4v) is 3.57. The quantitative estimate of drug-likeness (QED) is 0.303. The van der Waals surface area contributed by atoms with Gasteiger partial charge in [-0.3, -0.25) is 14.4 Å². The number of aryl methyl sites for hydroxylation is 2. The molecule has 0 heterocycles. The van der Waals surface area contributed by atoms with E-state index in [1.165, 1.54) is 0 Å². The van der Waals surface area contributed by atoms with Gasteiger partial charge in [0.2, 0.25) is 5.91 Å². The number of benzene rings is 3. The Morgan fingerprint density at radius 2 is 1.27 bits per heavy atom. The SMILES string of the molecule is CCOc1ccc(NC(=O)COC(=O)CCCC(=O)Nc2ccc(Oc3cc(C)cc(C)c3)cc2)cc1. The molecule has 3 aromatic rings. The summed E-state index contributed by atoms with van der Waals surface area (Å²) >= 11 is 0. The van der Waals surface area contributed by atoms with Gasteiger partial charge >= 0.3 is 5.97 Å². The highest BCUT2D eigenvalue weighted by atomic mass is 16.5. The predicted octanol–water partition coefficient (Wildman–Crippen LogP) is 5.79. The maximum absolute atomic E-state index is 12.2. The normalized spacial score (nSPS) is 10.4. The topological polar surface area (TPSA) is 103 Å². The first-order valence-corrected chi connectivity index (χ1v) is 12.1. The van der Waals surface area contributed by atoms with Crippen LogP contribution in [0.3, 0.4) is 0 Å². The fraction of sp³-hybridized carbons (Fsp3) is 0.276. The van der Waals surface area contributed by atoms with Crippen molar-refractivity contribution >= 4 is 29.2 Å². The molecule has 3 aromatic carbocycles. The van der Waals surface area contributed by atoms with E-state index in [1.807, 2.05) is 32.9 Å². The van der Waals surface area contributed by atoms with E-state index in [9.17, 15) is 14.4 Å². The van der Waals surface area contributed by atoms with Crippen LogP contribution in [0.4, 0.5) is 11.4 Å². The average Bonchev–Trinajstić information content (AvgIpc) is 2.85. The number of carbonyl (C=O) groups is 3. The Kier molecular flexibility index (Phi) is 10.1. The second-order valence-electron chi connectivity index (χ2n) is 8.52. The van der Waals surface area contributed by atoms with Crippen molar-refractivity contribution in [3.8, 4) is 17.2 Å². The van der Waals surface area contributed by atoms with E-state index in [0.717, 1.165) is 16.9 Å². The molecule has 0 fully saturated rings. The van der Waals surface area contributed by atoms with Gasteiger partial charge in [-0.1, -0.05) is 6.07 Å². The number of amides is 2. The molecule has 194 valence electrons. The summed E-state index contributed by atoms with van der Waals surface area (Å²) in [5, 5.41) is 5.44. The monoisotopic (exact) mass is 504 g/mol. The lowest BCUT2D eigenvalue weighted by Crippen LogP contribution is -2.21. The van der Waals surface area contributed by atoms with Gasteiger partial charge in [-0.15, -0.1) is 0 Å². The summed E-state index contributed by atoms with van der Waals surface area (Å²) in [4.78, 5) is 36.1. The number of hydrogen-bond acceptors (Lipinski definition) is 6. The molecule has 0 aliphatic carbocycles. The van der Waals surface area contributed by atoms with Gasteiger partial charge in [-0.05, 0) is 99.0 Å². The lowest BCUT2D eigenvalue weighted by molar-refractivity contribution is -0.147. The molecule has 37 heavy (non-hydrogen) atoms. The van der Waals surface area contributed by atoms with Gasteiger partial charge in [0.1, 0.15) is 17.2 Å². The molecule has 0 aromatic heterocycles. The summed E-state index contributed by atoms with van der Waals surface area (Å²) in [6, 6.07) is 20.0. The Balaban J connectivity index is 1.32. The van der Waals surface area contributed by atoms with Crippen molar-refractivity contribution in [1.29, 1.82) is 0 Å². The zero-order valence-corrected chi connectivity index (χ0v) is 21.3. The number of nitrogens with one attached hydrogen (secondary N) is 2. The lowest BCUT2D eigenvalue weighted by Gasteiger charge is -2.10. The maximum Gasteiger partial charge on any atom is 0.306 e. The van der Waals surface area contributed by atoms with E-state index < -0.39 is 18.5 Å². The van der Waals surface area contributed by atoms with Crippen LogP contribution < -0.4 is 20.1 Å². The average molecular weight is 505 g/mol. The van der Waals surface area contributed by atoms with Gasteiger partial charge in [0.25, 0.3) is 5.91 Å². The largest absolute Gasteiger partial charge is 0.494 e. The molecule has 0 aliphatic rings. The molecule has 0 aliphatic heterocycles. The summed E-state index contributed by atoms with van der Waals surface area (Å²) in [5.74, 6) is 0.925. The Morgan fingerprint density at radius 1 is 0.703 bits per heavy atom. The third-order valence-corrected chi connectivity index (χ3v) is 5.17. The van der Waals surface area contributed by atoms with Crippen molar-refractivity contribution < 1.29 is 28.6 Å². The molecular formula is C29H32N2O6. The van der Waals surface area contributed by atoms with Crippen LogP contribution in [0, 0.1) is 13.8 Å². The van der Waals surface area contributed by atoms with Crippen LogP contribution in [0.1, 0.15) is 37.3 Å². The van der Waals surface area contributed by atoms with Crippen molar-refractivity contribution in [2.24, 2.45) is 0 Å². The van der Waals surface area contributed by atoms with Crippen molar-refractivity contribution in [2.45, 2.75) is 40.0 Å². The van der Waals surface area contributed by atoms with Gasteiger partial charge in [0.15, 0.2) is 6.61 Å². The Morgan fingerprint density at radius 3 is 1.86 bits per heavy atom. The Bertz CT molecular complexity index is 1190. The lowest BCUT2D eigenvalue weighted by atomic mass is 10.1. The molecule has 2 N–H and O–H groups in total. The molecule has 0 saturated carbocycles. The highest BCUT2D eigenvalue weighted by Crippen LogP contribution is 2.25. The first-order valence-electron chi connectivity index (χ1n) is 12.1. The van der Waals surface area contributed by atoms with Crippen molar-refractivity contribution in [1.82, 2.24) is 0 Å². The minimum absolute atomic E-state index is 0.0342. The summed E-state index contributed by atoms with van der Waals surface area (Å²) in [5.41, 5.74) is 3.45. The van der Waals surface area contributed by atoms with Crippen LogP contribution >= 0.6 is 0 Å². The molecule has 0 unspecified atom stereocenters. The number of carbonyl (C=O) groups excluding carboxylic acids is 3. The summed E-state index contributed by atoms with van der Waals surface area (Å²) < 4.78 is 16.2. The zero-order valence-electron chi connectivity index (χ0n) is 21.3. The van der Waals surface area contributed by atoms with Gasteiger partial charge in [-0.2, -0.15) is 0 Å². The van der Waals surface area contributed by atoms with E-state index in [-0.39, 0.29) is 18.7 Å². The fourth-order valence-electron chi connectivity index (χ4n) is 3.57. The van der Waals surface area contributed by atoms with Crippen LogP contribution in [-0.2, 0) is 19.1 Å². The van der Waals surface area contributed by atoms with Crippen LogP contribution in [0.25, 0.3) is 0 Å². The summed E-state index contributed by atoms with van der Waals surface area (Å²) in [7, 11) is 0. The van der Waals surface area contributed by atoms with E-state index in [1.54, 1.807) is 48.5 Å². The minimum atomic E-state index is -0.539. The van der Waals surface area contributed by atoms with Gasteiger partial charge < -0.3 is 24.8 Å².